The normalized spacial score (nSPS) is 10.5. The van der Waals surface area contributed by atoms with Gasteiger partial charge >= 0.3 is 6.09 Å². The Labute approximate surface area is 191 Å². The average Bonchev–Trinajstić information content (AvgIpc) is 3.15. The van der Waals surface area contributed by atoms with Crippen molar-refractivity contribution in [2.45, 2.75) is 0 Å². The predicted octanol–water partition coefficient (Wildman–Crippen LogP) is 5.77. The summed E-state index contributed by atoms with van der Waals surface area (Å²) < 4.78 is 9.84. The van der Waals surface area contributed by atoms with Crippen LogP contribution in [0.2, 0.25) is 15.1 Å². The number of anilines is 2. The molecule has 0 saturated carbocycles. The van der Waals surface area contributed by atoms with Gasteiger partial charge < -0.3 is 9.47 Å². The number of hydrogen-bond donors (Lipinski definition) is 1. The van der Waals surface area contributed by atoms with Crippen LogP contribution in [-0.4, -0.2) is 30.8 Å². The van der Waals surface area contributed by atoms with Crippen LogP contribution in [0.1, 0.15) is 10.4 Å². The lowest BCUT2D eigenvalue weighted by Gasteiger charge is -2.20. The highest BCUT2D eigenvalue weighted by atomic mass is 35.5. The molecule has 0 radical (unpaired) electrons. The molecule has 2 aromatic carbocycles. The second-order valence-corrected chi connectivity index (χ2v) is 7.83. The molecule has 2 amide bonds. The molecule has 7 nitrogen and oxygen atoms in total. The Morgan fingerprint density at radius 1 is 1.10 bits per heavy atom. The number of halogens is 3. The maximum absolute atomic E-state index is 13.3. The number of hydrogen-bond acceptors (Lipinski definition) is 6. The standard InChI is InChI=1S/C19H14Cl3N3O4S/c1-28-10-23-19(27)29-16-9-30-18(24-16)25(13-5-2-11(20)3-6-13)17(26)14-7-4-12(21)8-15(14)22/h2-9H,10H2,1H3,(H,23,27). The van der Waals surface area contributed by atoms with Gasteiger partial charge in [0.15, 0.2) is 0 Å². The summed E-state index contributed by atoms with van der Waals surface area (Å²) in [4.78, 5) is 30.6. The fourth-order valence-electron chi connectivity index (χ4n) is 2.35. The van der Waals surface area contributed by atoms with E-state index in [2.05, 4.69) is 10.3 Å². The summed E-state index contributed by atoms with van der Waals surface area (Å²) in [6, 6.07) is 11.2. The molecular formula is C19H14Cl3N3O4S. The Morgan fingerprint density at radius 3 is 2.47 bits per heavy atom. The molecule has 0 unspecified atom stereocenters. The Morgan fingerprint density at radius 2 is 1.80 bits per heavy atom. The van der Waals surface area contributed by atoms with Gasteiger partial charge in [0.1, 0.15) is 6.73 Å². The largest absolute Gasteiger partial charge is 0.415 e. The van der Waals surface area contributed by atoms with Gasteiger partial charge in [-0.05, 0) is 42.5 Å². The first-order valence-corrected chi connectivity index (χ1v) is 10.4. The highest BCUT2D eigenvalue weighted by Gasteiger charge is 2.25. The third kappa shape index (κ3) is 5.41. The van der Waals surface area contributed by atoms with E-state index in [0.29, 0.717) is 15.7 Å². The number of nitrogens with one attached hydrogen (secondary N) is 1. The van der Waals surface area contributed by atoms with Gasteiger partial charge in [0.2, 0.25) is 11.0 Å². The molecule has 0 aliphatic rings. The lowest BCUT2D eigenvalue weighted by atomic mass is 10.2. The number of thiazole rings is 1. The zero-order valence-electron chi connectivity index (χ0n) is 15.4. The van der Waals surface area contributed by atoms with Crippen LogP contribution in [0.3, 0.4) is 0 Å². The van der Waals surface area contributed by atoms with Crippen molar-refractivity contribution in [3.8, 4) is 5.88 Å². The van der Waals surface area contributed by atoms with Gasteiger partial charge in [-0.25, -0.2) is 4.79 Å². The molecular weight excluding hydrogens is 473 g/mol. The van der Waals surface area contributed by atoms with E-state index in [9.17, 15) is 9.59 Å². The smallest absolute Gasteiger partial charge is 0.390 e. The molecule has 1 heterocycles. The summed E-state index contributed by atoms with van der Waals surface area (Å²) in [6.45, 7) is -0.0136. The molecule has 0 spiro atoms. The fraction of sp³-hybridized carbons (Fsp3) is 0.105. The van der Waals surface area contributed by atoms with E-state index >= 15 is 0 Å². The minimum atomic E-state index is -0.737. The third-order valence-corrected chi connectivity index (χ3v) is 5.27. The fourth-order valence-corrected chi connectivity index (χ4v) is 3.71. The van der Waals surface area contributed by atoms with E-state index in [-0.39, 0.29) is 28.3 Å². The third-order valence-electron chi connectivity index (χ3n) is 3.67. The number of amides is 2. The van der Waals surface area contributed by atoms with Gasteiger partial charge in [-0.3, -0.25) is 15.0 Å². The lowest BCUT2D eigenvalue weighted by Crippen LogP contribution is -2.29. The number of carbonyl (C=O) groups is 2. The van der Waals surface area contributed by atoms with Gasteiger partial charge in [-0.2, -0.15) is 4.98 Å². The predicted molar refractivity (Wildman–Crippen MR) is 118 cm³/mol. The Balaban J connectivity index is 1.95. The number of benzene rings is 2. The zero-order valence-corrected chi connectivity index (χ0v) is 18.5. The van der Waals surface area contributed by atoms with E-state index in [1.54, 1.807) is 30.3 Å². The molecule has 0 bridgehead atoms. The van der Waals surface area contributed by atoms with E-state index in [1.165, 1.54) is 29.5 Å². The van der Waals surface area contributed by atoms with Crippen molar-refractivity contribution >= 4 is 69.0 Å². The number of nitrogens with zero attached hydrogens (tertiary/aromatic N) is 2. The summed E-state index contributed by atoms with van der Waals surface area (Å²) in [6.07, 6.45) is -0.737. The lowest BCUT2D eigenvalue weighted by molar-refractivity contribution is 0.0999. The molecule has 11 heteroatoms. The molecule has 0 aliphatic heterocycles. The molecule has 3 rings (SSSR count). The molecule has 0 atom stereocenters. The maximum Gasteiger partial charge on any atom is 0.415 e. The Bertz CT molecular complexity index is 1060. The van der Waals surface area contributed by atoms with Crippen molar-refractivity contribution < 1.29 is 19.1 Å². The van der Waals surface area contributed by atoms with Gasteiger partial charge in [0.05, 0.1) is 21.7 Å². The van der Waals surface area contributed by atoms with Crippen LogP contribution in [0, 0.1) is 0 Å². The number of rotatable bonds is 6. The zero-order chi connectivity index (χ0) is 21.7. The van der Waals surface area contributed by atoms with Crippen molar-refractivity contribution in [3.05, 3.63) is 68.5 Å². The Hall–Kier alpha value is -2.36. The minimum absolute atomic E-state index is 0.0136. The molecule has 0 saturated heterocycles. The van der Waals surface area contributed by atoms with E-state index in [4.69, 9.17) is 44.3 Å². The number of methoxy groups -OCH3 is 1. The van der Waals surface area contributed by atoms with E-state index in [0.717, 1.165) is 11.3 Å². The van der Waals surface area contributed by atoms with Gasteiger partial charge in [0.25, 0.3) is 5.91 Å². The van der Waals surface area contributed by atoms with Crippen molar-refractivity contribution in [2.75, 3.05) is 18.7 Å². The minimum Gasteiger partial charge on any atom is -0.390 e. The quantitative estimate of drug-likeness (QED) is 0.447. The SMILES string of the molecule is COCNC(=O)Oc1csc(N(C(=O)c2ccc(Cl)cc2Cl)c2ccc(Cl)cc2)n1. The van der Waals surface area contributed by atoms with Crippen molar-refractivity contribution in [1.82, 2.24) is 10.3 Å². The van der Waals surface area contributed by atoms with Gasteiger partial charge in [0, 0.05) is 17.2 Å². The average molecular weight is 487 g/mol. The van der Waals surface area contributed by atoms with E-state index in [1.807, 2.05) is 0 Å². The van der Waals surface area contributed by atoms with Crippen molar-refractivity contribution in [2.24, 2.45) is 0 Å². The summed E-state index contributed by atoms with van der Waals surface area (Å²) in [5, 5.41) is 5.25. The van der Waals surface area contributed by atoms with Crippen LogP contribution in [-0.2, 0) is 4.74 Å². The molecule has 3 aromatic rings. The second-order valence-electron chi connectivity index (χ2n) is 5.71. The van der Waals surface area contributed by atoms with Crippen molar-refractivity contribution in [1.29, 1.82) is 0 Å². The van der Waals surface area contributed by atoms with E-state index < -0.39 is 12.0 Å². The molecule has 0 fully saturated rings. The molecule has 0 aliphatic carbocycles. The molecule has 30 heavy (non-hydrogen) atoms. The number of carbonyl (C=O) groups excluding carboxylic acids is 2. The topological polar surface area (TPSA) is 80.8 Å². The van der Waals surface area contributed by atoms with Crippen molar-refractivity contribution in [3.63, 3.8) is 0 Å². The van der Waals surface area contributed by atoms with Crippen LogP contribution in [0.4, 0.5) is 15.6 Å². The highest BCUT2D eigenvalue weighted by Crippen LogP contribution is 2.34. The highest BCUT2D eigenvalue weighted by molar-refractivity contribution is 7.14. The summed E-state index contributed by atoms with van der Waals surface area (Å²) >= 11 is 19.3. The summed E-state index contributed by atoms with van der Waals surface area (Å²) in [5.41, 5.74) is 0.728. The van der Waals surface area contributed by atoms with Gasteiger partial charge in [-0.1, -0.05) is 34.8 Å². The monoisotopic (exact) mass is 485 g/mol. The molecule has 1 aromatic heterocycles. The number of aromatic nitrogens is 1. The van der Waals surface area contributed by atoms with Crippen LogP contribution in [0.25, 0.3) is 0 Å². The van der Waals surface area contributed by atoms with Crippen LogP contribution in [0.5, 0.6) is 5.88 Å². The first-order chi connectivity index (χ1) is 14.4. The second kappa shape index (κ2) is 10.1. The first-order valence-electron chi connectivity index (χ1n) is 8.34. The van der Waals surface area contributed by atoms with Gasteiger partial charge in [-0.15, -0.1) is 11.3 Å². The summed E-state index contributed by atoms with van der Waals surface area (Å²) in [7, 11) is 1.43. The van der Waals surface area contributed by atoms with Crippen LogP contribution in [0.15, 0.2) is 47.8 Å². The first kappa shape index (κ1) is 22.3. The molecule has 156 valence electrons. The molecule has 1 N–H and O–H groups in total. The Kier molecular flexibility index (Phi) is 7.52. The number of ether oxygens (including phenoxy) is 2. The summed E-state index contributed by atoms with van der Waals surface area (Å²) in [5.74, 6) is -0.415. The maximum atomic E-state index is 13.3. The van der Waals surface area contributed by atoms with Crippen LogP contribution >= 0.6 is 46.1 Å². The van der Waals surface area contributed by atoms with Crippen LogP contribution < -0.4 is 15.0 Å².